The lowest BCUT2D eigenvalue weighted by molar-refractivity contribution is -0.111. The smallest absolute Gasteiger partial charge is 0.248 e. The van der Waals surface area contributed by atoms with Gasteiger partial charge in [0.1, 0.15) is 11.3 Å². The number of hydrogen-bond donors (Lipinski definition) is 1. The average Bonchev–Trinajstić information content (AvgIpc) is 3.27. The molecule has 35 heavy (non-hydrogen) atoms. The minimum absolute atomic E-state index is 0.185. The predicted molar refractivity (Wildman–Crippen MR) is 144 cm³/mol. The number of hydrogen-bond acceptors (Lipinski definition) is 3. The van der Waals surface area contributed by atoms with Crippen molar-refractivity contribution in [3.63, 3.8) is 0 Å². The zero-order valence-corrected chi connectivity index (χ0v) is 20.1. The van der Waals surface area contributed by atoms with E-state index < -0.39 is 0 Å². The Balaban J connectivity index is 1.57. The van der Waals surface area contributed by atoms with Gasteiger partial charge in [0.2, 0.25) is 5.91 Å². The Morgan fingerprint density at radius 3 is 2.51 bits per heavy atom. The first-order valence-electron chi connectivity index (χ1n) is 11.8. The fourth-order valence-electron chi connectivity index (χ4n) is 4.40. The number of benzene rings is 4. The van der Waals surface area contributed by atoms with Crippen LogP contribution in [-0.2, 0) is 4.79 Å². The highest BCUT2D eigenvalue weighted by molar-refractivity contribution is 6.07. The summed E-state index contributed by atoms with van der Waals surface area (Å²) >= 11 is 0. The van der Waals surface area contributed by atoms with Crippen LogP contribution in [0, 0.1) is 6.92 Å². The maximum atomic E-state index is 12.8. The monoisotopic (exact) mass is 461 g/mol. The maximum Gasteiger partial charge on any atom is 0.248 e. The van der Waals surface area contributed by atoms with Crippen molar-refractivity contribution in [2.24, 2.45) is 0 Å². The molecule has 1 amide bonds. The fraction of sp³-hybridized carbons (Fsp3) is 0.129. The SMILES string of the molecule is CCOc1cc2occ(-c3cccc4ccccc34)c2cc1/C(C)=C/C(=O)Nc1ccc(C)cc1. The minimum Gasteiger partial charge on any atom is -0.493 e. The van der Waals surface area contributed by atoms with Crippen LogP contribution in [0.1, 0.15) is 25.0 Å². The van der Waals surface area contributed by atoms with Crippen molar-refractivity contribution in [3.05, 3.63) is 102 Å². The first-order valence-corrected chi connectivity index (χ1v) is 11.8. The summed E-state index contributed by atoms with van der Waals surface area (Å²) in [5, 5.41) is 6.25. The normalized spacial score (nSPS) is 11.7. The van der Waals surface area contributed by atoms with E-state index in [1.165, 1.54) is 5.39 Å². The molecule has 0 aliphatic heterocycles. The van der Waals surface area contributed by atoms with Crippen molar-refractivity contribution in [2.75, 3.05) is 11.9 Å². The molecule has 4 heteroatoms. The topological polar surface area (TPSA) is 51.5 Å². The molecule has 0 bridgehead atoms. The molecule has 174 valence electrons. The van der Waals surface area contributed by atoms with Gasteiger partial charge in [-0.05, 0) is 60.9 Å². The van der Waals surface area contributed by atoms with E-state index in [1.807, 2.05) is 63.2 Å². The third-order valence-corrected chi connectivity index (χ3v) is 6.15. The van der Waals surface area contributed by atoms with Crippen LogP contribution in [0.2, 0.25) is 0 Å². The van der Waals surface area contributed by atoms with Gasteiger partial charge in [-0.15, -0.1) is 0 Å². The summed E-state index contributed by atoms with van der Waals surface area (Å²) in [7, 11) is 0. The van der Waals surface area contributed by atoms with Gasteiger partial charge >= 0.3 is 0 Å². The average molecular weight is 462 g/mol. The molecule has 0 unspecified atom stereocenters. The van der Waals surface area contributed by atoms with E-state index in [9.17, 15) is 4.79 Å². The van der Waals surface area contributed by atoms with Crippen molar-refractivity contribution >= 4 is 38.9 Å². The molecule has 0 spiro atoms. The van der Waals surface area contributed by atoms with Crippen LogP contribution in [0.3, 0.4) is 0 Å². The lowest BCUT2D eigenvalue weighted by Gasteiger charge is -2.12. The van der Waals surface area contributed by atoms with Gasteiger partial charge in [0.25, 0.3) is 0 Å². The number of allylic oxidation sites excluding steroid dienone is 1. The molecule has 1 aromatic heterocycles. The molecule has 4 nitrogen and oxygen atoms in total. The first kappa shape index (κ1) is 22.5. The molecule has 5 aromatic rings. The van der Waals surface area contributed by atoms with Gasteiger partial charge in [0.05, 0.1) is 12.9 Å². The van der Waals surface area contributed by atoms with E-state index in [2.05, 4.69) is 41.7 Å². The molecule has 0 fully saturated rings. The third-order valence-electron chi connectivity index (χ3n) is 6.15. The highest BCUT2D eigenvalue weighted by Crippen LogP contribution is 2.39. The van der Waals surface area contributed by atoms with Gasteiger partial charge in [0.15, 0.2) is 0 Å². The van der Waals surface area contributed by atoms with Gasteiger partial charge in [-0.1, -0.05) is 60.2 Å². The van der Waals surface area contributed by atoms with Gasteiger partial charge in [-0.3, -0.25) is 4.79 Å². The zero-order chi connectivity index (χ0) is 24.4. The zero-order valence-electron chi connectivity index (χ0n) is 20.1. The van der Waals surface area contributed by atoms with Gasteiger partial charge in [0, 0.05) is 34.3 Å². The quantitative estimate of drug-likeness (QED) is 0.261. The number of furan rings is 1. The van der Waals surface area contributed by atoms with E-state index in [-0.39, 0.29) is 5.91 Å². The van der Waals surface area contributed by atoms with Crippen molar-refractivity contribution in [3.8, 4) is 16.9 Å². The molecule has 0 aliphatic carbocycles. The van der Waals surface area contributed by atoms with Crippen molar-refractivity contribution in [1.82, 2.24) is 0 Å². The summed E-state index contributed by atoms with van der Waals surface area (Å²) in [6.07, 6.45) is 3.41. The Labute approximate surface area is 204 Å². The minimum atomic E-state index is -0.185. The number of amides is 1. The Kier molecular flexibility index (Phi) is 6.11. The predicted octanol–water partition coefficient (Wildman–Crippen LogP) is 8.00. The molecule has 0 saturated heterocycles. The van der Waals surface area contributed by atoms with Crippen LogP contribution in [0.25, 0.3) is 38.4 Å². The summed E-state index contributed by atoms with van der Waals surface area (Å²) in [5.41, 5.74) is 6.45. The Bertz CT molecular complexity index is 1550. The molecule has 0 aliphatic rings. The second kappa shape index (κ2) is 9.51. The lowest BCUT2D eigenvalue weighted by atomic mass is 9.96. The number of rotatable bonds is 6. The Hall–Kier alpha value is -4.31. The standard InChI is InChI=1S/C31H27NO3/c1-4-34-29-18-30-27(28(19-35-30)25-11-7-9-22-8-5-6-10-24(22)25)17-26(29)21(3)16-31(33)32-23-14-12-20(2)13-15-23/h5-19H,4H2,1-3H3,(H,32,33)/b21-16+. The second-order valence-electron chi connectivity index (χ2n) is 8.64. The Morgan fingerprint density at radius 1 is 0.943 bits per heavy atom. The van der Waals surface area contributed by atoms with E-state index in [1.54, 1.807) is 12.3 Å². The van der Waals surface area contributed by atoms with Crippen LogP contribution in [0.4, 0.5) is 5.69 Å². The fourth-order valence-corrected chi connectivity index (χ4v) is 4.40. The number of ether oxygens (including phenoxy) is 1. The number of aryl methyl sites for hydroxylation is 1. The van der Waals surface area contributed by atoms with Crippen molar-refractivity contribution in [1.29, 1.82) is 0 Å². The second-order valence-corrected chi connectivity index (χ2v) is 8.64. The highest BCUT2D eigenvalue weighted by Gasteiger charge is 2.16. The van der Waals surface area contributed by atoms with Crippen LogP contribution in [0.5, 0.6) is 5.75 Å². The molecule has 0 atom stereocenters. The Morgan fingerprint density at radius 2 is 1.71 bits per heavy atom. The largest absolute Gasteiger partial charge is 0.493 e. The number of nitrogens with one attached hydrogen (secondary N) is 1. The summed E-state index contributed by atoms with van der Waals surface area (Å²) in [6.45, 7) is 6.40. The number of carbonyl (C=O) groups excluding carboxylic acids is 1. The summed E-state index contributed by atoms with van der Waals surface area (Å²) in [4.78, 5) is 12.8. The third kappa shape index (κ3) is 4.56. The molecule has 0 radical (unpaired) electrons. The van der Waals surface area contributed by atoms with Crippen molar-refractivity contribution < 1.29 is 13.9 Å². The molecule has 4 aromatic carbocycles. The van der Waals surface area contributed by atoms with Crippen LogP contribution >= 0.6 is 0 Å². The van der Waals surface area contributed by atoms with Crippen LogP contribution in [-0.4, -0.2) is 12.5 Å². The summed E-state index contributed by atoms with van der Waals surface area (Å²) in [6, 6.07) is 26.3. The first-order chi connectivity index (χ1) is 17.0. The van der Waals surface area contributed by atoms with Crippen LogP contribution < -0.4 is 10.1 Å². The van der Waals surface area contributed by atoms with E-state index in [0.29, 0.717) is 12.4 Å². The molecule has 1 N–H and O–H groups in total. The number of fused-ring (bicyclic) bond motifs is 2. The summed E-state index contributed by atoms with van der Waals surface area (Å²) in [5.74, 6) is 0.506. The molecular formula is C31H27NO3. The van der Waals surface area contributed by atoms with E-state index in [4.69, 9.17) is 9.15 Å². The van der Waals surface area contributed by atoms with E-state index >= 15 is 0 Å². The lowest BCUT2D eigenvalue weighted by Crippen LogP contribution is -2.08. The molecule has 0 saturated carbocycles. The molecule has 5 rings (SSSR count). The molecule has 1 heterocycles. The maximum absolute atomic E-state index is 12.8. The molecular weight excluding hydrogens is 434 g/mol. The highest BCUT2D eigenvalue weighted by atomic mass is 16.5. The number of anilines is 1. The van der Waals surface area contributed by atoms with Gasteiger partial charge in [-0.2, -0.15) is 0 Å². The van der Waals surface area contributed by atoms with Gasteiger partial charge < -0.3 is 14.5 Å². The van der Waals surface area contributed by atoms with Crippen molar-refractivity contribution in [2.45, 2.75) is 20.8 Å². The number of carbonyl (C=O) groups is 1. The summed E-state index contributed by atoms with van der Waals surface area (Å²) < 4.78 is 11.9. The van der Waals surface area contributed by atoms with Gasteiger partial charge in [-0.25, -0.2) is 0 Å². The van der Waals surface area contributed by atoms with Crippen LogP contribution in [0.15, 0.2) is 95.6 Å². The van der Waals surface area contributed by atoms with E-state index in [0.717, 1.165) is 49.9 Å².